The molecule has 16 heavy (non-hydrogen) atoms. The maximum atomic E-state index is 11.4. The van der Waals surface area contributed by atoms with Crippen LogP contribution in [0.25, 0.3) is 0 Å². The van der Waals surface area contributed by atoms with Gasteiger partial charge in [-0.3, -0.25) is 4.79 Å². The predicted octanol–water partition coefficient (Wildman–Crippen LogP) is 2.03. The van der Waals surface area contributed by atoms with Crippen LogP contribution in [-0.2, 0) is 0 Å². The second-order valence-corrected chi connectivity index (χ2v) is 5.65. The number of H-pyrrole nitrogens is 1. The summed E-state index contributed by atoms with van der Waals surface area (Å²) in [7, 11) is 0. The number of aromatic nitrogens is 2. The Morgan fingerprint density at radius 3 is 3.12 bits per heavy atom. The van der Waals surface area contributed by atoms with Gasteiger partial charge in [0.2, 0.25) is 0 Å². The van der Waals surface area contributed by atoms with Crippen LogP contribution in [0.1, 0.15) is 13.3 Å². The van der Waals surface area contributed by atoms with E-state index in [-0.39, 0.29) is 10.6 Å². The fourth-order valence-electron chi connectivity index (χ4n) is 1.81. The van der Waals surface area contributed by atoms with Gasteiger partial charge in [-0.05, 0) is 12.3 Å². The molecule has 0 spiro atoms. The third kappa shape index (κ3) is 2.25. The van der Waals surface area contributed by atoms with Crippen molar-refractivity contribution in [3.05, 3.63) is 21.7 Å². The number of hydrogen-bond acceptors (Lipinski definition) is 3. The Hall–Kier alpha value is -0.550. The molecule has 0 amide bonds. The van der Waals surface area contributed by atoms with Crippen molar-refractivity contribution < 1.29 is 0 Å². The van der Waals surface area contributed by atoms with Gasteiger partial charge in [0.15, 0.2) is 5.82 Å². The number of hydrogen-bond donors (Lipinski definition) is 1. The number of aromatic amines is 1. The highest BCUT2D eigenvalue weighted by molar-refractivity contribution is 9.09. The number of anilines is 1. The number of halogens is 2. The second-order valence-electron chi connectivity index (χ2n) is 4.10. The van der Waals surface area contributed by atoms with Gasteiger partial charge in [-0.15, -0.1) is 0 Å². The van der Waals surface area contributed by atoms with Crippen molar-refractivity contribution in [3.8, 4) is 0 Å². The van der Waals surface area contributed by atoms with Crippen LogP contribution in [0.5, 0.6) is 0 Å². The lowest BCUT2D eigenvalue weighted by molar-refractivity contribution is 0.454. The van der Waals surface area contributed by atoms with Gasteiger partial charge in [0.1, 0.15) is 5.02 Å². The van der Waals surface area contributed by atoms with Crippen LogP contribution in [-0.4, -0.2) is 27.9 Å². The highest BCUT2D eigenvalue weighted by Crippen LogP contribution is 2.28. The normalized spacial score (nSPS) is 25.8. The zero-order valence-corrected chi connectivity index (χ0v) is 11.3. The standard InChI is InChI=1S/C10H13BrClN3O/c1-6-2-3-15(4-7(6)11)9-8(12)10(16)14-5-13-9/h5-7H,2-4H2,1H3,(H,13,14,16). The Labute approximate surface area is 107 Å². The van der Waals surface area contributed by atoms with E-state index in [0.29, 0.717) is 16.6 Å². The minimum absolute atomic E-state index is 0.178. The summed E-state index contributed by atoms with van der Waals surface area (Å²) in [5.74, 6) is 1.22. The predicted molar refractivity (Wildman–Crippen MR) is 68.6 cm³/mol. The zero-order chi connectivity index (χ0) is 11.7. The first-order valence-corrected chi connectivity index (χ1v) is 6.51. The summed E-state index contributed by atoms with van der Waals surface area (Å²) in [6, 6.07) is 0. The number of rotatable bonds is 1. The molecule has 2 rings (SSSR count). The minimum Gasteiger partial charge on any atom is -0.354 e. The van der Waals surface area contributed by atoms with E-state index in [1.807, 2.05) is 0 Å². The van der Waals surface area contributed by atoms with Crippen molar-refractivity contribution in [3.63, 3.8) is 0 Å². The van der Waals surface area contributed by atoms with Crippen LogP contribution < -0.4 is 10.5 Å². The molecule has 0 aliphatic carbocycles. The molecule has 4 nitrogen and oxygen atoms in total. The third-order valence-corrected chi connectivity index (χ3v) is 4.48. The molecule has 1 aliphatic heterocycles. The van der Waals surface area contributed by atoms with Crippen molar-refractivity contribution in [1.29, 1.82) is 0 Å². The van der Waals surface area contributed by atoms with Crippen molar-refractivity contribution in [1.82, 2.24) is 9.97 Å². The van der Waals surface area contributed by atoms with Crippen LogP contribution in [0.3, 0.4) is 0 Å². The lowest BCUT2D eigenvalue weighted by atomic mass is 9.99. The van der Waals surface area contributed by atoms with E-state index in [2.05, 4.69) is 37.7 Å². The molecule has 6 heteroatoms. The fraction of sp³-hybridized carbons (Fsp3) is 0.600. The van der Waals surface area contributed by atoms with E-state index in [4.69, 9.17) is 11.6 Å². The van der Waals surface area contributed by atoms with Gasteiger partial charge in [0.05, 0.1) is 6.33 Å². The monoisotopic (exact) mass is 305 g/mol. The Morgan fingerprint density at radius 1 is 1.69 bits per heavy atom. The summed E-state index contributed by atoms with van der Waals surface area (Å²) in [5, 5.41) is 0.178. The first-order valence-electron chi connectivity index (χ1n) is 5.22. The lowest BCUT2D eigenvalue weighted by Crippen LogP contribution is -2.41. The van der Waals surface area contributed by atoms with Gasteiger partial charge < -0.3 is 9.88 Å². The third-order valence-electron chi connectivity index (χ3n) is 2.94. The van der Waals surface area contributed by atoms with Crippen LogP contribution in [0.4, 0.5) is 5.82 Å². The molecule has 0 saturated carbocycles. The summed E-state index contributed by atoms with van der Waals surface area (Å²) in [6.45, 7) is 3.93. The summed E-state index contributed by atoms with van der Waals surface area (Å²) < 4.78 is 0. The van der Waals surface area contributed by atoms with Crippen LogP contribution in [0.2, 0.25) is 5.02 Å². The van der Waals surface area contributed by atoms with E-state index in [1.165, 1.54) is 6.33 Å². The SMILES string of the molecule is CC1CCN(c2nc[nH]c(=O)c2Cl)CC1Br. The van der Waals surface area contributed by atoms with Gasteiger partial charge in [-0.1, -0.05) is 34.5 Å². The van der Waals surface area contributed by atoms with E-state index >= 15 is 0 Å². The smallest absolute Gasteiger partial charge is 0.271 e. The molecule has 1 saturated heterocycles. The average molecular weight is 307 g/mol. The zero-order valence-electron chi connectivity index (χ0n) is 8.91. The van der Waals surface area contributed by atoms with Crippen molar-refractivity contribution >= 4 is 33.3 Å². The maximum absolute atomic E-state index is 11.4. The first-order chi connectivity index (χ1) is 7.59. The molecular weight excluding hydrogens is 293 g/mol. The second kappa shape index (κ2) is 4.75. The van der Waals surface area contributed by atoms with Crippen LogP contribution in [0.15, 0.2) is 11.1 Å². The molecule has 0 aromatic carbocycles. The molecule has 2 atom stereocenters. The molecule has 0 radical (unpaired) electrons. The molecule has 1 aromatic rings. The number of piperidine rings is 1. The van der Waals surface area contributed by atoms with Gasteiger partial charge in [-0.2, -0.15) is 0 Å². The minimum atomic E-state index is -0.281. The Morgan fingerprint density at radius 2 is 2.44 bits per heavy atom. The topological polar surface area (TPSA) is 49.0 Å². The van der Waals surface area contributed by atoms with Crippen molar-refractivity contribution in [2.24, 2.45) is 5.92 Å². The van der Waals surface area contributed by atoms with Gasteiger partial charge in [0, 0.05) is 17.9 Å². The molecule has 1 aliphatic rings. The molecule has 1 fully saturated rings. The van der Waals surface area contributed by atoms with Crippen molar-refractivity contribution in [2.75, 3.05) is 18.0 Å². The molecule has 88 valence electrons. The molecular formula is C10H13BrClN3O. The largest absolute Gasteiger partial charge is 0.354 e. The molecule has 1 aromatic heterocycles. The first kappa shape index (κ1) is 11.9. The van der Waals surface area contributed by atoms with Crippen molar-refractivity contribution in [2.45, 2.75) is 18.2 Å². The van der Waals surface area contributed by atoms with E-state index in [9.17, 15) is 4.79 Å². The van der Waals surface area contributed by atoms with Gasteiger partial charge in [0.25, 0.3) is 5.56 Å². The number of alkyl halides is 1. The Balaban J connectivity index is 2.25. The highest BCUT2D eigenvalue weighted by Gasteiger charge is 2.26. The highest BCUT2D eigenvalue weighted by atomic mass is 79.9. The fourth-order valence-corrected chi connectivity index (χ4v) is 2.65. The van der Waals surface area contributed by atoms with E-state index in [1.54, 1.807) is 0 Å². The summed E-state index contributed by atoms with van der Waals surface area (Å²) in [5.41, 5.74) is -0.281. The molecule has 2 unspecified atom stereocenters. The maximum Gasteiger partial charge on any atom is 0.271 e. The quantitative estimate of drug-likeness (QED) is 0.808. The van der Waals surface area contributed by atoms with Crippen LogP contribution in [0, 0.1) is 5.92 Å². The summed E-state index contributed by atoms with van der Waals surface area (Å²) >= 11 is 9.58. The lowest BCUT2D eigenvalue weighted by Gasteiger charge is -2.35. The van der Waals surface area contributed by atoms with Gasteiger partial charge >= 0.3 is 0 Å². The summed E-state index contributed by atoms with van der Waals surface area (Å²) in [4.78, 5) is 20.4. The Kier molecular flexibility index (Phi) is 3.54. The summed E-state index contributed by atoms with van der Waals surface area (Å²) in [6.07, 6.45) is 2.46. The molecule has 2 heterocycles. The average Bonchev–Trinajstić information content (AvgIpc) is 2.26. The van der Waals surface area contributed by atoms with E-state index < -0.39 is 0 Å². The Bertz CT molecular complexity index is 436. The molecule has 1 N–H and O–H groups in total. The van der Waals surface area contributed by atoms with E-state index in [0.717, 1.165) is 19.5 Å². The number of nitrogens with zero attached hydrogens (tertiary/aromatic N) is 2. The van der Waals surface area contributed by atoms with Gasteiger partial charge in [-0.25, -0.2) is 4.98 Å². The molecule has 0 bridgehead atoms. The number of nitrogens with one attached hydrogen (secondary N) is 1. The van der Waals surface area contributed by atoms with Crippen LogP contribution >= 0.6 is 27.5 Å².